The molecule has 8 heteroatoms. The van der Waals surface area contributed by atoms with E-state index in [1.807, 2.05) is 6.92 Å². The van der Waals surface area contributed by atoms with E-state index in [4.69, 9.17) is 4.74 Å². The average molecular weight is 388 g/mol. The zero-order valence-electron chi connectivity index (χ0n) is 14.8. The quantitative estimate of drug-likeness (QED) is 0.623. The zero-order valence-corrected chi connectivity index (χ0v) is 15.7. The Morgan fingerprint density at radius 3 is 2.37 bits per heavy atom. The van der Waals surface area contributed by atoms with Crippen molar-refractivity contribution < 1.29 is 22.7 Å². The summed E-state index contributed by atoms with van der Waals surface area (Å²) in [5.41, 5.74) is 1.50. The molecule has 7 nitrogen and oxygen atoms in total. The predicted molar refractivity (Wildman–Crippen MR) is 100 cm³/mol. The molecule has 0 atom stereocenters. The van der Waals surface area contributed by atoms with Gasteiger partial charge in [-0.1, -0.05) is 35.9 Å². The first-order valence-corrected chi connectivity index (χ1v) is 9.92. The highest BCUT2D eigenvalue weighted by Gasteiger charge is 2.26. The second-order valence-corrected chi connectivity index (χ2v) is 8.13. The Balaban J connectivity index is 1.76. The molecule has 0 unspecified atom stereocenters. The summed E-state index contributed by atoms with van der Waals surface area (Å²) in [5, 5.41) is 2.47. The number of ether oxygens (including phenoxy) is 1. The van der Waals surface area contributed by atoms with Gasteiger partial charge in [-0.15, -0.1) is 0 Å². The van der Waals surface area contributed by atoms with E-state index in [0.29, 0.717) is 13.2 Å². The first-order chi connectivity index (χ1) is 12.9. The second kappa shape index (κ2) is 7.99. The van der Waals surface area contributed by atoms with Crippen LogP contribution in [0.4, 0.5) is 5.69 Å². The topological polar surface area (TPSA) is 92.8 Å². The number of hydrogen-bond donors (Lipinski definition) is 1. The van der Waals surface area contributed by atoms with Crippen molar-refractivity contribution in [2.75, 3.05) is 31.6 Å². The van der Waals surface area contributed by atoms with Gasteiger partial charge in [-0.25, -0.2) is 8.42 Å². The predicted octanol–water partition coefficient (Wildman–Crippen LogP) is 1.84. The number of carbonyl (C=O) groups excluding carboxylic acids is 2. The highest BCUT2D eigenvalue weighted by molar-refractivity contribution is 7.89. The third-order valence-electron chi connectivity index (χ3n) is 4.22. The number of carbonyl (C=O) groups is 2. The molecule has 1 saturated heterocycles. The number of nitrogens with zero attached hydrogens (tertiary/aromatic N) is 1. The number of sulfonamides is 1. The largest absolute Gasteiger partial charge is 0.379 e. The lowest BCUT2D eigenvalue weighted by Crippen LogP contribution is -2.40. The molecule has 0 saturated carbocycles. The number of anilines is 1. The van der Waals surface area contributed by atoms with Gasteiger partial charge in [0.2, 0.25) is 10.0 Å². The number of hydrogen-bond acceptors (Lipinski definition) is 5. The normalized spacial score (nSPS) is 15.3. The summed E-state index contributed by atoms with van der Waals surface area (Å²) in [4.78, 5) is 24.5. The van der Waals surface area contributed by atoms with Gasteiger partial charge in [0.15, 0.2) is 0 Å². The first kappa shape index (κ1) is 19.2. The fraction of sp³-hybridized carbons (Fsp3) is 0.263. The average Bonchev–Trinajstić information content (AvgIpc) is 2.69. The summed E-state index contributed by atoms with van der Waals surface area (Å²) >= 11 is 0. The summed E-state index contributed by atoms with van der Waals surface area (Å²) < 4.78 is 31.9. The Morgan fingerprint density at radius 1 is 1.04 bits per heavy atom. The van der Waals surface area contributed by atoms with Crippen molar-refractivity contribution in [2.24, 2.45) is 0 Å². The molecule has 3 rings (SSSR count). The Hall–Kier alpha value is -2.55. The molecule has 1 N–H and O–H groups in total. The van der Waals surface area contributed by atoms with Gasteiger partial charge in [-0.2, -0.15) is 4.31 Å². The van der Waals surface area contributed by atoms with Crippen molar-refractivity contribution in [1.29, 1.82) is 0 Å². The van der Waals surface area contributed by atoms with Crippen LogP contribution in [0.15, 0.2) is 53.4 Å². The summed E-state index contributed by atoms with van der Waals surface area (Å²) in [6.07, 6.45) is 0. The number of aryl methyl sites for hydroxylation is 1. The van der Waals surface area contributed by atoms with E-state index in [1.165, 1.54) is 22.5 Å². The van der Waals surface area contributed by atoms with E-state index < -0.39 is 21.7 Å². The molecule has 1 fully saturated rings. The van der Waals surface area contributed by atoms with Crippen molar-refractivity contribution in [1.82, 2.24) is 4.31 Å². The van der Waals surface area contributed by atoms with E-state index in [-0.39, 0.29) is 29.2 Å². The minimum atomic E-state index is -3.68. The lowest BCUT2D eigenvalue weighted by molar-refractivity contribution is -0.112. The highest BCUT2D eigenvalue weighted by Crippen LogP contribution is 2.20. The van der Waals surface area contributed by atoms with Crippen molar-refractivity contribution in [2.45, 2.75) is 11.8 Å². The minimum absolute atomic E-state index is 0.0602. The van der Waals surface area contributed by atoms with Crippen LogP contribution in [-0.4, -0.2) is 50.7 Å². The highest BCUT2D eigenvalue weighted by atomic mass is 32.2. The van der Waals surface area contributed by atoms with Crippen molar-refractivity contribution in [3.63, 3.8) is 0 Å². The Labute approximate surface area is 158 Å². The number of ketones is 1. The standard InChI is InChI=1S/C19H20N2O5S/c1-14-5-7-15(8-6-14)18(22)19(23)20-16-3-2-4-17(13-16)27(24,25)21-9-11-26-12-10-21/h2-8,13H,9-12H2,1H3,(H,20,23). The number of amides is 1. The van der Waals surface area contributed by atoms with Gasteiger partial charge in [0.1, 0.15) is 0 Å². The molecule has 142 valence electrons. The third kappa shape index (κ3) is 4.41. The van der Waals surface area contributed by atoms with Crippen LogP contribution in [0, 0.1) is 6.92 Å². The first-order valence-electron chi connectivity index (χ1n) is 8.48. The fourth-order valence-corrected chi connectivity index (χ4v) is 4.15. The van der Waals surface area contributed by atoms with Crippen LogP contribution in [0.5, 0.6) is 0 Å². The van der Waals surface area contributed by atoms with Crippen molar-refractivity contribution in [3.8, 4) is 0 Å². The van der Waals surface area contributed by atoms with Crippen LogP contribution < -0.4 is 5.32 Å². The molecule has 27 heavy (non-hydrogen) atoms. The molecule has 0 aliphatic carbocycles. The van der Waals surface area contributed by atoms with Crippen LogP contribution >= 0.6 is 0 Å². The third-order valence-corrected chi connectivity index (χ3v) is 6.11. The van der Waals surface area contributed by atoms with E-state index >= 15 is 0 Å². The maximum absolute atomic E-state index is 12.7. The van der Waals surface area contributed by atoms with Gasteiger partial charge in [0.25, 0.3) is 11.7 Å². The van der Waals surface area contributed by atoms with Gasteiger partial charge < -0.3 is 10.1 Å². The summed E-state index contributed by atoms with van der Waals surface area (Å²) in [6, 6.07) is 12.5. The molecule has 1 aliphatic heterocycles. The van der Waals surface area contributed by atoms with Gasteiger partial charge in [0, 0.05) is 24.3 Å². The molecule has 0 radical (unpaired) electrons. The molecular weight excluding hydrogens is 368 g/mol. The Kier molecular flexibility index (Phi) is 5.69. The van der Waals surface area contributed by atoms with E-state index in [0.717, 1.165) is 5.56 Å². The van der Waals surface area contributed by atoms with Crippen LogP contribution in [0.25, 0.3) is 0 Å². The smallest absolute Gasteiger partial charge is 0.296 e. The molecule has 1 amide bonds. The SMILES string of the molecule is Cc1ccc(C(=O)C(=O)Nc2cccc(S(=O)(=O)N3CCOCC3)c2)cc1. The van der Waals surface area contributed by atoms with E-state index in [1.54, 1.807) is 30.3 Å². The van der Waals surface area contributed by atoms with Crippen LogP contribution in [0.3, 0.4) is 0 Å². The summed E-state index contributed by atoms with van der Waals surface area (Å²) in [6.45, 7) is 3.14. The van der Waals surface area contributed by atoms with Crippen LogP contribution in [0.2, 0.25) is 0 Å². The van der Waals surface area contributed by atoms with Crippen LogP contribution in [0.1, 0.15) is 15.9 Å². The molecule has 0 spiro atoms. The monoisotopic (exact) mass is 388 g/mol. The Bertz CT molecular complexity index is 948. The maximum Gasteiger partial charge on any atom is 0.296 e. The molecule has 0 aromatic heterocycles. The van der Waals surface area contributed by atoms with E-state index in [2.05, 4.69) is 5.32 Å². The zero-order chi connectivity index (χ0) is 19.4. The number of nitrogens with one attached hydrogen (secondary N) is 1. The molecular formula is C19H20N2O5S. The van der Waals surface area contributed by atoms with Gasteiger partial charge in [-0.05, 0) is 25.1 Å². The van der Waals surface area contributed by atoms with Crippen molar-refractivity contribution in [3.05, 3.63) is 59.7 Å². The number of Topliss-reactive ketones (excluding diaryl/α,β-unsaturated/α-hetero) is 1. The summed E-state index contributed by atoms with van der Waals surface area (Å²) in [5.74, 6) is -1.50. The second-order valence-electron chi connectivity index (χ2n) is 6.19. The number of benzene rings is 2. The Morgan fingerprint density at radius 2 is 1.70 bits per heavy atom. The van der Waals surface area contributed by atoms with Crippen LogP contribution in [-0.2, 0) is 19.6 Å². The number of morpholine rings is 1. The maximum atomic E-state index is 12.7. The summed E-state index contributed by atoms with van der Waals surface area (Å²) in [7, 11) is -3.68. The minimum Gasteiger partial charge on any atom is -0.379 e. The van der Waals surface area contributed by atoms with Crippen molar-refractivity contribution >= 4 is 27.4 Å². The fourth-order valence-electron chi connectivity index (χ4n) is 2.69. The molecule has 1 heterocycles. The van der Waals surface area contributed by atoms with Gasteiger partial charge in [0.05, 0.1) is 18.1 Å². The number of rotatable bonds is 5. The molecule has 1 aliphatic rings. The molecule has 2 aromatic carbocycles. The molecule has 0 bridgehead atoms. The van der Waals surface area contributed by atoms with E-state index in [9.17, 15) is 18.0 Å². The lowest BCUT2D eigenvalue weighted by Gasteiger charge is -2.26. The van der Waals surface area contributed by atoms with Gasteiger partial charge >= 0.3 is 0 Å². The molecule has 2 aromatic rings. The lowest BCUT2D eigenvalue weighted by atomic mass is 10.1. The van der Waals surface area contributed by atoms with Gasteiger partial charge in [-0.3, -0.25) is 9.59 Å².